The third-order valence-corrected chi connectivity index (χ3v) is 5.83. The highest BCUT2D eigenvalue weighted by Gasteiger charge is 2.41. The SMILES string of the molecule is Cc1cccc(Br)c1.Cn1nc(-c2ccccn2)c2c1NC(C(F)(F)F)CSC2. The number of aryl methyl sites for hydroxylation is 2. The van der Waals surface area contributed by atoms with E-state index in [1.807, 2.05) is 18.2 Å². The molecule has 1 unspecified atom stereocenters. The number of anilines is 1. The zero-order valence-electron chi connectivity index (χ0n) is 15.9. The molecule has 2 aromatic heterocycles. The number of halogens is 4. The normalized spacial score (nSPS) is 16.1. The molecule has 154 valence electrons. The van der Waals surface area contributed by atoms with Crippen LogP contribution < -0.4 is 5.32 Å². The first-order valence-electron chi connectivity index (χ1n) is 8.86. The minimum Gasteiger partial charge on any atom is -0.358 e. The van der Waals surface area contributed by atoms with E-state index in [2.05, 4.69) is 50.4 Å². The van der Waals surface area contributed by atoms with Crippen LogP contribution in [0.3, 0.4) is 0 Å². The number of nitrogens with one attached hydrogen (secondary N) is 1. The second kappa shape index (κ2) is 9.21. The van der Waals surface area contributed by atoms with Crippen molar-refractivity contribution in [3.63, 3.8) is 0 Å². The van der Waals surface area contributed by atoms with Crippen molar-refractivity contribution in [1.29, 1.82) is 0 Å². The fourth-order valence-corrected chi connectivity index (χ4v) is 4.48. The molecule has 0 bridgehead atoms. The first kappa shape index (κ1) is 21.7. The Bertz CT molecular complexity index is 943. The second-order valence-electron chi connectivity index (χ2n) is 6.57. The Morgan fingerprint density at radius 1 is 1.21 bits per heavy atom. The summed E-state index contributed by atoms with van der Waals surface area (Å²) in [6.45, 7) is 2.07. The van der Waals surface area contributed by atoms with Crippen molar-refractivity contribution in [3.05, 3.63) is 64.3 Å². The molecule has 0 amide bonds. The largest absolute Gasteiger partial charge is 0.409 e. The van der Waals surface area contributed by atoms with Gasteiger partial charge < -0.3 is 5.32 Å². The highest BCUT2D eigenvalue weighted by Crippen LogP contribution is 2.37. The van der Waals surface area contributed by atoms with Gasteiger partial charge in [-0.1, -0.05) is 39.7 Å². The average Bonchev–Trinajstić information content (AvgIpc) is 2.83. The molecule has 0 radical (unpaired) electrons. The van der Waals surface area contributed by atoms with Gasteiger partial charge in [-0.05, 0) is 31.2 Å². The molecule has 1 atom stereocenters. The molecule has 3 aromatic rings. The summed E-state index contributed by atoms with van der Waals surface area (Å²) in [5, 5.41) is 6.92. The van der Waals surface area contributed by atoms with Crippen LogP contribution in [0.2, 0.25) is 0 Å². The first-order valence-corrected chi connectivity index (χ1v) is 10.8. The Morgan fingerprint density at radius 3 is 2.59 bits per heavy atom. The molecule has 4 rings (SSSR count). The van der Waals surface area contributed by atoms with E-state index in [0.717, 1.165) is 10.0 Å². The quantitative estimate of drug-likeness (QED) is 0.471. The number of hydrogen-bond donors (Lipinski definition) is 1. The van der Waals surface area contributed by atoms with E-state index < -0.39 is 12.2 Å². The summed E-state index contributed by atoms with van der Waals surface area (Å²) in [7, 11) is 1.64. The van der Waals surface area contributed by atoms with E-state index in [0.29, 0.717) is 23.0 Å². The summed E-state index contributed by atoms with van der Waals surface area (Å²) < 4.78 is 41.5. The third-order valence-electron chi connectivity index (χ3n) is 4.27. The van der Waals surface area contributed by atoms with Crippen LogP contribution in [-0.4, -0.2) is 32.7 Å². The van der Waals surface area contributed by atoms with Gasteiger partial charge in [-0.3, -0.25) is 9.67 Å². The van der Waals surface area contributed by atoms with E-state index in [-0.39, 0.29) is 5.75 Å². The molecule has 0 aliphatic carbocycles. The van der Waals surface area contributed by atoms with Gasteiger partial charge in [0.2, 0.25) is 0 Å². The highest BCUT2D eigenvalue weighted by molar-refractivity contribution is 9.10. The minimum atomic E-state index is -4.27. The molecular weight excluding hydrogens is 465 g/mol. The summed E-state index contributed by atoms with van der Waals surface area (Å²) in [6, 6.07) is 12.1. The van der Waals surface area contributed by atoms with Gasteiger partial charge >= 0.3 is 6.18 Å². The summed E-state index contributed by atoms with van der Waals surface area (Å²) >= 11 is 4.61. The molecule has 1 aliphatic heterocycles. The van der Waals surface area contributed by atoms with Crippen LogP contribution in [0, 0.1) is 6.92 Å². The van der Waals surface area contributed by atoms with Gasteiger partial charge in [0.1, 0.15) is 17.6 Å². The summed E-state index contributed by atoms with van der Waals surface area (Å²) in [5.41, 5.74) is 3.37. The number of fused-ring (bicyclic) bond motifs is 1. The van der Waals surface area contributed by atoms with Crippen molar-refractivity contribution < 1.29 is 13.2 Å². The topological polar surface area (TPSA) is 42.7 Å². The lowest BCUT2D eigenvalue weighted by molar-refractivity contribution is -0.137. The lowest BCUT2D eigenvalue weighted by Crippen LogP contribution is -2.38. The van der Waals surface area contributed by atoms with Crippen molar-refractivity contribution in [2.24, 2.45) is 7.05 Å². The van der Waals surface area contributed by atoms with Crippen LogP contribution in [0.5, 0.6) is 0 Å². The second-order valence-corrected chi connectivity index (χ2v) is 8.51. The Hall–Kier alpha value is -2.00. The summed E-state index contributed by atoms with van der Waals surface area (Å²) in [4.78, 5) is 4.23. The molecule has 9 heteroatoms. The van der Waals surface area contributed by atoms with Crippen molar-refractivity contribution in [3.8, 4) is 11.4 Å². The Morgan fingerprint density at radius 2 is 2.00 bits per heavy atom. The fraction of sp³-hybridized carbons (Fsp3) is 0.300. The van der Waals surface area contributed by atoms with Crippen LogP contribution in [0.15, 0.2) is 53.1 Å². The zero-order valence-corrected chi connectivity index (χ0v) is 18.3. The number of benzene rings is 1. The molecule has 1 aliphatic rings. The van der Waals surface area contributed by atoms with E-state index in [4.69, 9.17) is 0 Å². The van der Waals surface area contributed by atoms with E-state index in [1.165, 1.54) is 22.0 Å². The van der Waals surface area contributed by atoms with Crippen LogP contribution in [-0.2, 0) is 12.8 Å². The molecule has 29 heavy (non-hydrogen) atoms. The van der Waals surface area contributed by atoms with E-state index >= 15 is 0 Å². The van der Waals surface area contributed by atoms with Gasteiger partial charge in [-0.2, -0.15) is 30.0 Å². The molecular formula is C20H20BrF3N4S. The van der Waals surface area contributed by atoms with Gasteiger partial charge in [0.05, 0.1) is 5.69 Å². The Kier molecular flexibility index (Phi) is 6.89. The lowest BCUT2D eigenvalue weighted by Gasteiger charge is -2.20. The maximum Gasteiger partial charge on any atom is 0.409 e. The summed E-state index contributed by atoms with van der Waals surface area (Å²) in [5.74, 6) is 0.886. The first-order chi connectivity index (χ1) is 13.8. The number of nitrogens with zero attached hydrogens (tertiary/aromatic N) is 3. The molecule has 3 heterocycles. The molecule has 0 fully saturated rings. The van der Waals surface area contributed by atoms with Gasteiger partial charge in [0.15, 0.2) is 0 Å². The number of hydrogen-bond acceptors (Lipinski definition) is 4. The van der Waals surface area contributed by atoms with Gasteiger partial charge in [0.25, 0.3) is 0 Å². The standard InChI is InChI=1S/C13H13F3N4S.C7H7Br/c1-20-12-8(6-21-7-10(18-12)13(14,15)16)11(19-20)9-4-2-3-5-17-9;1-6-3-2-4-7(8)5-6/h2-5,10,18H,6-7H2,1H3;2-5H,1H3. The third kappa shape index (κ3) is 5.54. The summed E-state index contributed by atoms with van der Waals surface area (Å²) in [6.07, 6.45) is -2.63. The molecule has 0 saturated heterocycles. The molecule has 0 spiro atoms. The Labute approximate surface area is 180 Å². The monoisotopic (exact) mass is 484 g/mol. The molecule has 1 aromatic carbocycles. The minimum absolute atomic E-state index is 0.0140. The number of rotatable bonds is 1. The highest BCUT2D eigenvalue weighted by atomic mass is 79.9. The predicted molar refractivity (Wildman–Crippen MR) is 115 cm³/mol. The predicted octanol–water partition coefficient (Wildman–Crippen LogP) is 5.83. The average molecular weight is 485 g/mol. The molecule has 1 N–H and O–H groups in total. The maximum absolute atomic E-state index is 13.0. The van der Waals surface area contributed by atoms with Crippen molar-refractivity contribution in [1.82, 2.24) is 14.8 Å². The van der Waals surface area contributed by atoms with Crippen LogP contribution in [0.1, 0.15) is 11.1 Å². The maximum atomic E-state index is 13.0. The molecule has 4 nitrogen and oxygen atoms in total. The smallest absolute Gasteiger partial charge is 0.358 e. The van der Waals surface area contributed by atoms with E-state index in [1.54, 1.807) is 25.4 Å². The van der Waals surface area contributed by atoms with Crippen molar-refractivity contribution in [2.45, 2.75) is 24.9 Å². The van der Waals surface area contributed by atoms with Crippen LogP contribution in [0.4, 0.5) is 19.0 Å². The Balaban J connectivity index is 0.000000252. The van der Waals surface area contributed by atoms with Gasteiger partial charge in [0, 0.05) is 34.8 Å². The van der Waals surface area contributed by atoms with E-state index in [9.17, 15) is 13.2 Å². The van der Waals surface area contributed by atoms with Crippen molar-refractivity contribution >= 4 is 33.5 Å². The van der Waals surface area contributed by atoms with Crippen LogP contribution >= 0.6 is 27.7 Å². The van der Waals surface area contributed by atoms with Crippen molar-refractivity contribution in [2.75, 3.05) is 11.1 Å². The van der Waals surface area contributed by atoms with Gasteiger partial charge in [-0.15, -0.1) is 0 Å². The fourth-order valence-electron chi connectivity index (χ4n) is 2.86. The van der Waals surface area contributed by atoms with Gasteiger partial charge in [-0.25, -0.2) is 0 Å². The number of alkyl halides is 3. The number of aromatic nitrogens is 3. The lowest BCUT2D eigenvalue weighted by atomic mass is 10.2. The molecule has 0 saturated carbocycles. The zero-order chi connectivity index (χ0) is 21.0. The number of pyridine rings is 1. The van der Waals surface area contributed by atoms with Crippen LogP contribution in [0.25, 0.3) is 11.4 Å². The number of thioether (sulfide) groups is 1.